The Hall–Kier alpha value is -7.16. The first-order valence-electron chi connectivity index (χ1n) is 19.0. The Morgan fingerprint density at radius 2 is 0.782 bits per heavy atom. The summed E-state index contributed by atoms with van der Waals surface area (Å²) in [6, 6.07) is 70.9. The summed E-state index contributed by atoms with van der Waals surface area (Å²) in [5.41, 5.74) is 18.4. The smallest absolute Gasteiger partial charge is 0.0972 e. The summed E-state index contributed by atoms with van der Waals surface area (Å²) in [6.07, 6.45) is 0. The van der Waals surface area contributed by atoms with Crippen LogP contribution >= 0.6 is 0 Å². The van der Waals surface area contributed by atoms with Gasteiger partial charge in [-0.05, 0) is 90.7 Å². The van der Waals surface area contributed by atoms with E-state index in [9.17, 15) is 0 Å². The molecule has 12 rings (SSSR count). The molecule has 0 bridgehead atoms. The van der Waals surface area contributed by atoms with E-state index >= 15 is 0 Å². The summed E-state index contributed by atoms with van der Waals surface area (Å²) >= 11 is 0. The lowest BCUT2D eigenvalue weighted by Crippen LogP contribution is -2.26. The summed E-state index contributed by atoms with van der Waals surface area (Å²) < 4.78 is 0. The minimum absolute atomic E-state index is 0.482. The van der Waals surface area contributed by atoms with Crippen LogP contribution < -0.4 is 0 Å². The van der Waals surface area contributed by atoms with Gasteiger partial charge in [-0.15, -0.1) is 0 Å². The van der Waals surface area contributed by atoms with Crippen LogP contribution in [0.4, 0.5) is 0 Å². The fraction of sp³-hybridized carbons (Fsp3) is 0.0189. The summed E-state index contributed by atoms with van der Waals surface area (Å²) in [4.78, 5) is 10.6. The van der Waals surface area contributed by atoms with E-state index in [4.69, 9.17) is 9.97 Å². The van der Waals surface area contributed by atoms with E-state index in [1.807, 2.05) is 6.07 Å². The van der Waals surface area contributed by atoms with Gasteiger partial charge in [0.2, 0.25) is 0 Å². The van der Waals surface area contributed by atoms with Crippen LogP contribution in [0.5, 0.6) is 0 Å². The largest absolute Gasteiger partial charge is 0.245 e. The highest BCUT2D eigenvalue weighted by Crippen LogP contribution is 2.63. The van der Waals surface area contributed by atoms with Crippen LogP contribution in [0.3, 0.4) is 0 Å². The molecule has 0 N–H and O–H groups in total. The van der Waals surface area contributed by atoms with E-state index in [0.717, 1.165) is 44.3 Å². The second-order valence-corrected chi connectivity index (χ2v) is 14.9. The Balaban J connectivity index is 1.10. The van der Waals surface area contributed by atoms with Gasteiger partial charge in [0.15, 0.2) is 0 Å². The number of rotatable bonds is 3. The topological polar surface area (TPSA) is 25.8 Å². The Bertz CT molecular complexity index is 3160. The van der Waals surface area contributed by atoms with Gasteiger partial charge in [-0.3, -0.25) is 0 Å². The number of aromatic nitrogens is 2. The quantitative estimate of drug-likeness (QED) is 0.172. The molecular formula is C53H32N2. The highest BCUT2D eigenvalue weighted by atomic mass is 14.8. The van der Waals surface area contributed by atoms with Crippen LogP contribution in [0.25, 0.3) is 88.5 Å². The average Bonchev–Trinajstić information content (AvgIpc) is 3.72. The number of nitrogens with zero attached hydrogens (tertiary/aromatic N) is 2. The molecule has 0 saturated carbocycles. The molecule has 2 aromatic heterocycles. The third kappa shape index (κ3) is 4.25. The van der Waals surface area contributed by atoms with Crippen molar-refractivity contribution >= 4 is 32.6 Å². The zero-order valence-electron chi connectivity index (χ0n) is 29.9. The first-order valence-corrected chi connectivity index (χ1v) is 19.0. The van der Waals surface area contributed by atoms with E-state index in [-0.39, 0.29) is 0 Å². The van der Waals surface area contributed by atoms with E-state index in [1.165, 1.54) is 66.4 Å². The maximum Gasteiger partial charge on any atom is 0.0972 e. The summed E-state index contributed by atoms with van der Waals surface area (Å²) in [6.45, 7) is 0. The van der Waals surface area contributed by atoms with Gasteiger partial charge in [0.05, 0.1) is 27.8 Å². The first kappa shape index (κ1) is 30.3. The maximum atomic E-state index is 5.41. The van der Waals surface area contributed by atoms with Crippen LogP contribution in [0.2, 0.25) is 0 Å². The van der Waals surface area contributed by atoms with Crippen LogP contribution in [-0.2, 0) is 5.41 Å². The summed E-state index contributed by atoms with van der Waals surface area (Å²) in [5, 5.41) is 4.69. The minimum atomic E-state index is -0.482. The number of hydrogen-bond acceptors (Lipinski definition) is 2. The predicted molar refractivity (Wildman–Crippen MR) is 227 cm³/mol. The molecule has 2 heteroatoms. The number of pyridine rings is 2. The molecule has 2 aliphatic rings. The molecule has 2 aliphatic carbocycles. The summed E-state index contributed by atoms with van der Waals surface area (Å²) in [7, 11) is 0. The van der Waals surface area contributed by atoms with E-state index in [2.05, 4.69) is 188 Å². The minimum Gasteiger partial charge on any atom is -0.245 e. The first-order chi connectivity index (χ1) is 27.3. The maximum absolute atomic E-state index is 5.41. The molecule has 254 valence electrons. The molecular weight excluding hydrogens is 665 g/mol. The monoisotopic (exact) mass is 696 g/mol. The zero-order valence-corrected chi connectivity index (χ0v) is 29.9. The molecule has 10 aromatic rings. The van der Waals surface area contributed by atoms with E-state index in [1.54, 1.807) is 0 Å². The lowest BCUT2D eigenvalue weighted by atomic mass is 9.70. The van der Waals surface area contributed by atoms with Crippen LogP contribution in [0.1, 0.15) is 22.3 Å². The normalized spacial score (nSPS) is 13.2. The second-order valence-electron chi connectivity index (χ2n) is 14.9. The molecule has 1 spiro atoms. The summed E-state index contributed by atoms with van der Waals surface area (Å²) in [5.74, 6) is 0. The lowest BCUT2D eigenvalue weighted by Gasteiger charge is -2.31. The highest BCUT2D eigenvalue weighted by molar-refractivity contribution is 6.05. The SMILES string of the molecule is c1ccc(-c2ccc3ccc4ccc(-c5ccc6c(c5)C5(c7ccccc7-c7ccccc75)c5cc(-c7cccc8ccccc78)ccc5-6)nc4c3n2)cc1. The lowest BCUT2D eigenvalue weighted by molar-refractivity contribution is 0.794. The Kier molecular flexibility index (Phi) is 6.29. The van der Waals surface area contributed by atoms with Crippen molar-refractivity contribution in [3.63, 3.8) is 0 Å². The fourth-order valence-electron chi connectivity index (χ4n) is 9.64. The van der Waals surface area contributed by atoms with Crippen molar-refractivity contribution in [2.45, 2.75) is 5.41 Å². The molecule has 0 atom stereocenters. The van der Waals surface area contributed by atoms with Crippen molar-refractivity contribution in [2.24, 2.45) is 0 Å². The van der Waals surface area contributed by atoms with E-state index < -0.39 is 5.41 Å². The molecule has 0 fully saturated rings. The predicted octanol–water partition coefficient (Wildman–Crippen LogP) is 13.3. The molecule has 0 amide bonds. The van der Waals surface area contributed by atoms with Gasteiger partial charge in [-0.1, -0.05) is 170 Å². The highest BCUT2D eigenvalue weighted by Gasteiger charge is 2.51. The Morgan fingerprint density at radius 1 is 0.291 bits per heavy atom. The number of benzene rings is 8. The number of hydrogen-bond donors (Lipinski definition) is 0. The van der Waals surface area contributed by atoms with E-state index in [0.29, 0.717) is 0 Å². The third-order valence-electron chi connectivity index (χ3n) is 12.1. The standard InChI is InChI=1S/C53H32N2/c1-2-12-34(13-3-1)49-29-25-35-21-22-36-26-30-50(55-52(36)51(35)54-49)38-24-28-44-43-27-23-37(40-18-10-14-33-11-4-5-15-39(33)40)31-47(43)53(48(44)32-38)45-19-8-6-16-41(45)42-17-7-9-20-46(42)53/h1-32H. The molecule has 0 radical (unpaired) electrons. The van der Waals surface area contributed by atoms with Gasteiger partial charge < -0.3 is 0 Å². The molecule has 0 aliphatic heterocycles. The van der Waals surface area contributed by atoms with Crippen LogP contribution in [0.15, 0.2) is 194 Å². The average molecular weight is 697 g/mol. The molecule has 2 nitrogen and oxygen atoms in total. The molecule has 2 heterocycles. The van der Waals surface area contributed by atoms with Gasteiger partial charge in [0, 0.05) is 21.9 Å². The number of fused-ring (bicyclic) bond motifs is 14. The van der Waals surface area contributed by atoms with Crippen molar-refractivity contribution in [3.05, 3.63) is 216 Å². The third-order valence-corrected chi connectivity index (χ3v) is 12.1. The van der Waals surface area contributed by atoms with Crippen LogP contribution in [0, 0.1) is 0 Å². The fourth-order valence-corrected chi connectivity index (χ4v) is 9.64. The van der Waals surface area contributed by atoms with Crippen molar-refractivity contribution < 1.29 is 0 Å². The van der Waals surface area contributed by atoms with Crippen molar-refractivity contribution in [3.8, 4) is 55.9 Å². The van der Waals surface area contributed by atoms with Crippen molar-refractivity contribution in [2.75, 3.05) is 0 Å². The van der Waals surface area contributed by atoms with Crippen molar-refractivity contribution in [1.29, 1.82) is 0 Å². The van der Waals surface area contributed by atoms with Gasteiger partial charge in [-0.2, -0.15) is 0 Å². The molecule has 55 heavy (non-hydrogen) atoms. The molecule has 8 aromatic carbocycles. The van der Waals surface area contributed by atoms with Gasteiger partial charge in [0.1, 0.15) is 0 Å². The van der Waals surface area contributed by atoms with Crippen LogP contribution in [-0.4, -0.2) is 9.97 Å². The molecule has 0 saturated heterocycles. The second kappa shape index (κ2) is 11.4. The van der Waals surface area contributed by atoms with Gasteiger partial charge in [0.25, 0.3) is 0 Å². The zero-order chi connectivity index (χ0) is 36.1. The van der Waals surface area contributed by atoms with Gasteiger partial charge >= 0.3 is 0 Å². The van der Waals surface area contributed by atoms with Gasteiger partial charge in [-0.25, -0.2) is 9.97 Å². The molecule has 0 unspecified atom stereocenters. The Morgan fingerprint density at radius 3 is 1.47 bits per heavy atom. The van der Waals surface area contributed by atoms with Crippen molar-refractivity contribution in [1.82, 2.24) is 9.97 Å². The Labute approximate surface area is 319 Å².